The Kier molecular flexibility index (Phi) is 3.74. The molecule has 25 heavy (non-hydrogen) atoms. The molecule has 124 valence electrons. The molecule has 0 radical (unpaired) electrons. The Morgan fingerprint density at radius 3 is 2.76 bits per heavy atom. The van der Waals surface area contributed by atoms with Crippen molar-refractivity contribution in [2.24, 2.45) is 0 Å². The van der Waals surface area contributed by atoms with Gasteiger partial charge in [0.15, 0.2) is 0 Å². The van der Waals surface area contributed by atoms with Crippen LogP contribution in [-0.4, -0.2) is 30.1 Å². The van der Waals surface area contributed by atoms with Crippen LogP contribution < -0.4 is 5.32 Å². The summed E-state index contributed by atoms with van der Waals surface area (Å²) in [5.41, 5.74) is 2.04. The zero-order valence-corrected chi connectivity index (χ0v) is 13.6. The molecule has 0 spiro atoms. The van der Waals surface area contributed by atoms with Crippen molar-refractivity contribution in [1.29, 1.82) is 0 Å². The number of carbonyl (C=O) groups excluding carboxylic acids is 1. The molecule has 1 atom stereocenters. The first-order chi connectivity index (χ1) is 12.2. The number of benzene rings is 1. The monoisotopic (exact) mass is 332 g/mol. The van der Waals surface area contributed by atoms with Gasteiger partial charge >= 0.3 is 0 Å². The highest BCUT2D eigenvalue weighted by molar-refractivity contribution is 5.91. The number of hydrogen-bond donors (Lipinski definition) is 1. The van der Waals surface area contributed by atoms with Crippen LogP contribution in [0.2, 0.25) is 0 Å². The van der Waals surface area contributed by atoms with E-state index < -0.39 is 0 Å². The lowest BCUT2D eigenvalue weighted by atomic mass is 10.1. The molecule has 0 aliphatic carbocycles. The Morgan fingerprint density at radius 1 is 1.12 bits per heavy atom. The van der Waals surface area contributed by atoms with Gasteiger partial charge in [0, 0.05) is 30.5 Å². The summed E-state index contributed by atoms with van der Waals surface area (Å²) in [5.74, 6) is 0.173. The zero-order chi connectivity index (χ0) is 17.2. The minimum absolute atomic E-state index is 0.104. The van der Waals surface area contributed by atoms with Crippen molar-refractivity contribution in [3.63, 3.8) is 0 Å². The Morgan fingerprint density at radius 2 is 1.96 bits per heavy atom. The molecule has 0 fully saturated rings. The second-order valence-electron chi connectivity index (χ2n) is 5.68. The molecule has 3 aromatic heterocycles. The minimum Gasteiger partial charge on any atom is -0.343 e. The lowest BCUT2D eigenvalue weighted by Crippen LogP contribution is -2.27. The first-order valence-corrected chi connectivity index (χ1v) is 7.92. The standard InChI is InChI=1S/C18H16N6O/c1-13(14-6-4-7-15(12-14)23-9-2-3-10-23)20-17(25)16-21-18-19-8-5-11-24(18)22-16/h2-13H,1H3,(H,20,25)/t13-/m1/s1. The van der Waals surface area contributed by atoms with E-state index in [2.05, 4.69) is 20.4 Å². The van der Waals surface area contributed by atoms with Crippen LogP contribution in [0, 0.1) is 0 Å². The van der Waals surface area contributed by atoms with E-state index in [0.717, 1.165) is 11.3 Å². The van der Waals surface area contributed by atoms with E-state index in [1.54, 1.807) is 18.5 Å². The van der Waals surface area contributed by atoms with Gasteiger partial charge in [-0.2, -0.15) is 4.98 Å². The van der Waals surface area contributed by atoms with E-state index in [4.69, 9.17) is 0 Å². The van der Waals surface area contributed by atoms with Gasteiger partial charge in [-0.1, -0.05) is 12.1 Å². The summed E-state index contributed by atoms with van der Waals surface area (Å²) in [4.78, 5) is 20.6. The van der Waals surface area contributed by atoms with E-state index in [0.29, 0.717) is 5.78 Å². The highest BCUT2D eigenvalue weighted by atomic mass is 16.2. The van der Waals surface area contributed by atoms with Crippen LogP contribution in [0.15, 0.2) is 67.3 Å². The largest absolute Gasteiger partial charge is 0.343 e. The lowest BCUT2D eigenvalue weighted by molar-refractivity contribution is 0.0929. The van der Waals surface area contributed by atoms with Gasteiger partial charge in [0.25, 0.3) is 11.7 Å². The normalized spacial score (nSPS) is 12.2. The second-order valence-corrected chi connectivity index (χ2v) is 5.68. The van der Waals surface area contributed by atoms with Crippen LogP contribution in [0.5, 0.6) is 0 Å². The molecular formula is C18H16N6O. The molecule has 0 bridgehead atoms. The molecule has 0 saturated heterocycles. The second kappa shape index (κ2) is 6.20. The average Bonchev–Trinajstić information content (AvgIpc) is 3.31. The summed E-state index contributed by atoms with van der Waals surface area (Å²) in [5, 5.41) is 7.08. The van der Waals surface area contributed by atoms with Crippen LogP contribution in [0.3, 0.4) is 0 Å². The third-order valence-electron chi connectivity index (χ3n) is 3.94. The molecule has 0 unspecified atom stereocenters. The molecular weight excluding hydrogens is 316 g/mol. The smallest absolute Gasteiger partial charge is 0.291 e. The van der Waals surface area contributed by atoms with E-state index in [-0.39, 0.29) is 17.8 Å². The van der Waals surface area contributed by atoms with Gasteiger partial charge in [-0.15, -0.1) is 5.10 Å². The Hall–Kier alpha value is -3.48. The van der Waals surface area contributed by atoms with Gasteiger partial charge in [-0.25, -0.2) is 9.50 Å². The first-order valence-electron chi connectivity index (χ1n) is 7.92. The number of aromatic nitrogens is 5. The van der Waals surface area contributed by atoms with E-state index in [9.17, 15) is 4.79 Å². The maximum absolute atomic E-state index is 12.4. The van der Waals surface area contributed by atoms with Gasteiger partial charge in [-0.05, 0) is 42.8 Å². The Balaban J connectivity index is 1.54. The van der Waals surface area contributed by atoms with Gasteiger partial charge in [-0.3, -0.25) is 4.79 Å². The zero-order valence-electron chi connectivity index (χ0n) is 13.6. The van der Waals surface area contributed by atoms with Gasteiger partial charge in [0.05, 0.1) is 6.04 Å². The molecule has 4 rings (SSSR count). The Labute approximate surface area is 144 Å². The predicted molar refractivity (Wildman–Crippen MR) is 92.4 cm³/mol. The molecule has 7 heteroatoms. The van der Waals surface area contributed by atoms with Crippen LogP contribution in [-0.2, 0) is 0 Å². The summed E-state index contributed by atoms with van der Waals surface area (Å²) < 4.78 is 3.50. The van der Waals surface area contributed by atoms with E-state index >= 15 is 0 Å². The van der Waals surface area contributed by atoms with Crippen LogP contribution in [0.1, 0.15) is 29.1 Å². The summed E-state index contributed by atoms with van der Waals surface area (Å²) in [7, 11) is 0. The topological polar surface area (TPSA) is 77.1 Å². The van der Waals surface area contributed by atoms with Crippen molar-refractivity contribution in [2.45, 2.75) is 13.0 Å². The summed E-state index contributed by atoms with van der Waals surface area (Å²) in [6, 6.07) is 13.5. The number of nitrogens with one attached hydrogen (secondary N) is 1. The van der Waals surface area contributed by atoms with Crippen molar-refractivity contribution in [3.8, 4) is 5.69 Å². The van der Waals surface area contributed by atoms with Gasteiger partial charge < -0.3 is 9.88 Å². The average molecular weight is 332 g/mol. The first kappa shape index (κ1) is 15.1. The number of hydrogen-bond acceptors (Lipinski definition) is 4. The van der Waals surface area contributed by atoms with Crippen molar-refractivity contribution in [2.75, 3.05) is 0 Å². The highest BCUT2D eigenvalue weighted by Crippen LogP contribution is 2.17. The van der Waals surface area contributed by atoms with Crippen LogP contribution >= 0.6 is 0 Å². The predicted octanol–water partition coefficient (Wildman–Crippen LogP) is 2.41. The number of fused-ring (bicyclic) bond motifs is 1. The fourth-order valence-corrected chi connectivity index (χ4v) is 2.63. The van der Waals surface area contributed by atoms with Gasteiger partial charge in [0.2, 0.25) is 5.82 Å². The third-order valence-corrected chi connectivity index (χ3v) is 3.94. The summed E-state index contributed by atoms with van der Waals surface area (Å²) >= 11 is 0. The van der Waals surface area contributed by atoms with Crippen molar-refractivity contribution >= 4 is 11.7 Å². The van der Waals surface area contributed by atoms with E-state index in [1.807, 2.05) is 60.3 Å². The highest BCUT2D eigenvalue weighted by Gasteiger charge is 2.16. The maximum Gasteiger partial charge on any atom is 0.291 e. The lowest BCUT2D eigenvalue weighted by Gasteiger charge is -2.14. The SMILES string of the molecule is C[C@@H](NC(=O)c1nc2ncccn2n1)c1cccc(-n2cccc2)c1. The molecule has 0 aliphatic heterocycles. The van der Waals surface area contributed by atoms with E-state index in [1.165, 1.54) is 4.52 Å². The summed E-state index contributed by atoms with van der Waals surface area (Å²) in [6.07, 6.45) is 7.28. The molecule has 4 aromatic rings. The van der Waals surface area contributed by atoms with Crippen molar-refractivity contribution in [1.82, 2.24) is 29.5 Å². The molecule has 3 heterocycles. The molecule has 1 aromatic carbocycles. The molecule has 0 saturated carbocycles. The van der Waals surface area contributed by atoms with Crippen LogP contribution in [0.4, 0.5) is 0 Å². The van der Waals surface area contributed by atoms with Crippen molar-refractivity contribution in [3.05, 3.63) is 78.6 Å². The molecule has 7 nitrogen and oxygen atoms in total. The van der Waals surface area contributed by atoms with Crippen LogP contribution in [0.25, 0.3) is 11.5 Å². The quantitative estimate of drug-likeness (QED) is 0.622. The van der Waals surface area contributed by atoms with Crippen molar-refractivity contribution < 1.29 is 4.79 Å². The molecule has 0 aliphatic rings. The molecule has 1 amide bonds. The Bertz CT molecular complexity index is 988. The number of nitrogens with zero attached hydrogens (tertiary/aromatic N) is 5. The fraction of sp³-hybridized carbons (Fsp3) is 0.111. The number of amides is 1. The fourth-order valence-electron chi connectivity index (χ4n) is 2.63. The minimum atomic E-state index is -0.329. The maximum atomic E-state index is 12.4. The van der Waals surface area contributed by atoms with Gasteiger partial charge in [0.1, 0.15) is 0 Å². The summed E-state index contributed by atoms with van der Waals surface area (Å²) in [6.45, 7) is 1.93. The number of carbonyl (C=O) groups is 1. The molecule has 1 N–H and O–H groups in total. The number of rotatable bonds is 4. The third kappa shape index (κ3) is 2.99.